The minimum Gasteiger partial charge on any atom is -0.488 e. The van der Waals surface area contributed by atoms with Crippen molar-refractivity contribution in [3.8, 4) is 5.75 Å². The first-order chi connectivity index (χ1) is 11.3. The molecule has 0 spiro atoms. The lowest BCUT2D eigenvalue weighted by molar-refractivity contribution is -0.123. The maximum absolute atomic E-state index is 13.7. The molecule has 1 aliphatic carbocycles. The lowest BCUT2D eigenvalue weighted by Crippen LogP contribution is -2.48. The highest BCUT2D eigenvalue weighted by Gasteiger charge is 2.30. The van der Waals surface area contributed by atoms with Crippen LogP contribution in [-0.4, -0.2) is 24.6 Å². The van der Waals surface area contributed by atoms with Crippen molar-refractivity contribution in [2.24, 2.45) is 17.1 Å². The van der Waals surface area contributed by atoms with Crippen LogP contribution in [0.4, 0.5) is 4.39 Å². The minimum atomic E-state index is -0.395. The van der Waals surface area contributed by atoms with Gasteiger partial charge in [-0.25, -0.2) is 4.39 Å². The molecule has 1 aromatic carbocycles. The van der Waals surface area contributed by atoms with Gasteiger partial charge in [0, 0.05) is 12.5 Å². The fourth-order valence-corrected chi connectivity index (χ4v) is 3.05. The number of carbonyl (C=O) groups is 1. The van der Waals surface area contributed by atoms with Gasteiger partial charge in [-0.1, -0.05) is 39.3 Å². The first-order valence-electron chi connectivity index (χ1n) is 8.69. The Morgan fingerprint density at radius 2 is 2.04 bits per heavy atom. The second-order valence-corrected chi connectivity index (χ2v) is 7.79. The Morgan fingerprint density at radius 1 is 1.36 bits per heavy atom. The molecule has 0 aromatic heterocycles. The topological polar surface area (TPSA) is 64.3 Å². The molecule has 0 heterocycles. The second kappa shape index (κ2) is 9.39. The van der Waals surface area contributed by atoms with E-state index in [1.165, 1.54) is 6.07 Å². The molecule has 3 N–H and O–H groups in total. The molecule has 0 radical (unpaired) electrons. The van der Waals surface area contributed by atoms with Crippen LogP contribution in [0.3, 0.4) is 0 Å². The van der Waals surface area contributed by atoms with E-state index in [-0.39, 0.29) is 54.1 Å². The molecule has 0 aliphatic heterocycles. The second-order valence-electron chi connectivity index (χ2n) is 7.79. The fraction of sp³-hybridized carbons (Fsp3) is 0.632. The highest BCUT2D eigenvalue weighted by Crippen LogP contribution is 2.27. The number of halogens is 2. The number of nitrogens with one attached hydrogen (secondary N) is 1. The van der Waals surface area contributed by atoms with Crippen molar-refractivity contribution >= 4 is 18.3 Å². The van der Waals surface area contributed by atoms with Crippen LogP contribution in [0.1, 0.15) is 46.5 Å². The summed E-state index contributed by atoms with van der Waals surface area (Å²) in [7, 11) is 0. The Hall–Kier alpha value is -1.33. The summed E-state index contributed by atoms with van der Waals surface area (Å²) in [5.41, 5.74) is 5.85. The Bertz CT molecular complexity index is 563. The number of benzene rings is 1. The van der Waals surface area contributed by atoms with E-state index in [0.717, 1.165) is 19.3 Å². The third kappa shape index (κ3) is 6.48. The van der Waals surface area contributed by atoms with E-state index in [9.17, 15) is 9.18 Å². The summed E-state index contributed by atoms with van der Waals surface area (Å²) < 4.78 is 19.3. The molecule has 3 atom stereocenters. The predicted octanol–water partition coefficient (Wildman–Crippen LogP) is 3.67. The van der Waals surface area contributed by atoms with Crippen molar-refractivity contribution < 1.29 is 13.9 Å². The van der Waals surface area contributed by atoms with Gasteiger partial charge < -0.3 is 15.8 Å². The largest absolute Gasteiger partial charge is 0.488 e. The summed E-state index contributed by atoms with van der Waals surface area (Å²) in [5.74, 6) is 0.0692. The summed E-state index contributed by atoms with van der Waals surface area (Å²) >= 11 is 0. The van der Waals surface area contributed by atoms with Gasteiger partial charge in [-0.3, -0.25) is 4.79 Å². The van der Waals surface area contributed by atoms with E-state index in [0.29, 0.717) is 6.42 Å². The van der Waals surface area contributed by atoms with Crippen LogP contribution in [0.2, 0.25) is 0 Å². The quantitative estimate of drug-likeness (QED) is 0.800. The van der Waals surface area contributed by atoms with Gasteiger partial charge in [-0.05, 0) is 36.3 Å². The van der Waals surface area contributed by atoms with E-state index >= 15 is 0 Å². The third-order valence-corrected chi connectivity index (χ3v) is 4.79. The zero-order valence-electron chi connectivity index (χ0n) is 15.3. The molecule has 1 fully saturated rings. The maximum Gasteiger partial charge on any atom is 0.220 e. The number of rotatable bonds is 6. The van der Waals surface area contributed by atoms with Gasteiger partial charge in [-0.15, -0.1) is 12.4 Å². The van der Waals surface area contributed by atoms with Gasteiger partial charge in [-0.2, -0.15) is 0 Å². The molecule has 2 rings (SSSR count). The van der Waals surface area contributed by atoms with Crippen LogP contribution in [-0.2, 0) is 4.79 Å². The van der Waals surface area contributed by atoms with E-state index in [4.69, 9.17) is 10.5 Å². The molecular formula is C19H30ClFN2O2. The monoisotopic (exact) mass is 372 g/mol. The summed E-state index contributed by atoms with van der Waals surface area (Å²) in [4.78, 5) is 12.4. The number of nitrogens with two attached hydrogens (primary N) is 1. The zero-order valence-corrected chi connectivity index (χ0v) is 16.1. The maximum atomic E-state index is 13.7. The first-order valence-corrected chi connectivity index (χ1v) is 8.69. The Morgan fingerprint density at radius 3 is 2.60 bits per heavy atom. The minimum absolute atomic E-state index is 0. The Balaban J connectivity index is 0.00000312. The van der Waals surface area contributed by atoms with Crippen LogP contribution < -0.4 is 15.8 Å². The van der Waals surface area contributed by atoms with Crippen molar-refractivity contribution in [2.75, 3.05) is 6.61 Å². The predicted molar refractivity (Wildman–Crippen MR) is 100 cm³/mol. The molecule has 142 valence electrons. The molecule has 0 saturated heterocycles. The van der Waals surface area contributed by atoms with Crippen molar-refractivity contribution in [2.45, 2.75) is 58.5 Å². The fourth-order valence-electron chi connectivity index (χ4n) is 3.05. The molecule has 1 aromatic rings. The molecule has 1 unspecified atom stereocenters. The molecule has 1 aliphatic rings. The van der Waals surface area contributed by atoms with Crippen molar-refractivity contribution in [3.63, 3.8) is 0 Å². The number of ether oxygens (including phenoxy) is 1. The van der Waals surface area contributed by atoms with Crippen LogP contribution >= 0.6 is 12.4 Å². The SMILES string of the molecule is CC(C)(C)C(COc1ccccc1F)NC(=O)C[C@@H]1CCC[C@H]1N.Cl. The summed E-state index contributed by atoms with van der Waals surface area (Å²) in [6, 6.07) is 6.22. The third-order valence-electron chi connectivity index (χ3n) is 4.79. The number of amides is 1. The molecule has 6 heteroatoms. The molecule has 1 amide bonds. The zero-order chi connectivity index (χ0) is 17.7. The van der Waals surface area contributed by atoms with Gasteiger partial charge in [0.25, 0.3) is 0 Å². The lowest BCUT2D eigenvalue weighted by Gasteiger charge is -2.32. The van der Waals surface area contributed by atoms with E-state index in [1.54, 1.807) is 18.2 Å². The van der Waals surface area contributed by atoms with Gasteiger partial charge >= 0.3 is 0 Å². The Labute approximate surface area is 156 Å². The highest BCUT2D eigenvalue weighted by molar-refractivity contribution is 5.85. The van der Waals surface area contributed by atoms with Gasteiger partial charge in [0.05, 0.1) is 6.04 Å². The van der Waals surface area contributed by atoms with Crippen molar-refractivity contribution in [1.29, 1.82) is 0 Å². The number of para-hydroxylation sites is 1. The van der Waals surface area contributed by atoms with Crippen LogP contribution in [0.25, 0.3) is 0 Å². The van der Waals surface area contributed by atoms with Gasteiger partial charge in [0.15, 0.2) is 11.6 Å². The van der Waals surface area contributed by atoms with Gasteiger partial charge in [0.2, 0.25) is 5.91 Å². The summed E-state index contributed by atoms with van der Waals surface area (Å²) in [6.45, 7) is 6.32. The number of carbonyl (C=O) groups excluding carboxylic acids is 1. The average Bonchev–Trinajstić information content (AvgIpc) is 2.89. The average molecular weight is 373 g/mol. The number of hydrogen-bond donors (Lipinski definition) is 2. The molecule has 0 bridgehead atoms. The smallest absolute Gasteiger partial charge is 0.220 e. The number of hydrogen-bond acceptors (Lipinski definition) is 3. The molecule has 25 heavy (non-hydrogen) atoms. The summed E-state index contributed by atoms with van der Waals surface area (Å²) in [6.07, 6.45) is 3.56. The highest BCUT2D eigenvalue weighted by atomic mass is 35.5. The molecule has 4 nitrogen and oxygen atoms in total. The molecular weight excluding hydrogens is 343 g/mol. The van der Waals surface area contributed by atoms with Crippen LogP contribution in [0, 0.1) is 17.2 Å². The normalized spacial score (nSPS) is 21.3. The first kappa shape index (κ1) is 21.7. The van der Waals surface area contributed by atoms with E-state index in [1.807, 2.05) is 20.8 Å². The van der Waals surface area contributed by atoms with Crippen LogP contribution in [0.5, 0.6) is 5.75 Å². The van der Waals surface area contributed by atoms with Crippen molar-refractivity contribution in [1.82, 2.24) is 5.32 Å². The molecule has 1 saturated carbocycles. The lowest BCUT2D eigenvalue weighted by atomic mass is 9.87. The van der Waals surface area contributed by atoms with Crippen LogP contribution in [0.15, 0.2) is 24.3 Å². The van der Waals surface area contributed by atoms with Gasteiger partial charge in [0.1, 0.15) is 6.61 Å². The standard InChI is InChI=1S/C19H29FN2O2.ClH/c1-19(2,3)17(12-24-16-10-5-4-8-14(16)20)22-18(23)11-13-7-6-9-15(13)21;/h4-5,8,10,13,15,17H,6-7,9,11-12,21H2,1-3H3,(H,22,23);1H/t13-,15+,17?;/m0./s1. The Kier molecular flexibility index (Phi) is 8.16. The van der Waals surface area contributed by atoms with Crippen molar-refractivity contribution in [3.05, 3.63) is 30.1 Å². The summed E-state index contributed by atoms with van der Waals surface area (Å²) in [5, 5.41) is 3.05. The van der Waals surface area contributed by atoms with E-state index in [2.05, 4.69) is 5.32 Å². The van der Waals surface area contributed by atoms with E-state index < -0.39 is 5.82 Å².